The maximum absolute atomic E-state index is 14.1. The van der Waals surface area contributed by atoms with Gasteiger partial charge in [-0.25, -0.2) is 12.8 Å². The number of amides is 1. The smallest absolute Gasteiger partial charge is 0.259 e. The van der Waals surface area contributed by atoms with E-state index in [0.29, 0.717) is 23.5 Å². The van der Waals surface area contributed by atoms with Gasteiger partial charge in [-0.3, -0.25) is 4.79 Å². The summed E-state index contributed by atoms with van der Waals surface area (Å²) in [5, 5.41) is 2.47. The summed E-state index contributed by atoms with van der Waals surface area (Å²) in [6, 6.07) is 8.37. The average Bonchev–Trinajstić information content (AvgIpc) is 2.69. The van der Waals surface area contributed by atoms with E-state index in [9.17, 15) is 17.6 Å². The van der Waals surface area contributed by atoms with Gasteiger partial charge in [0.05, 0.1) is 23.3 Å². The van der Waals surface area contributed by atoms with E-state index < -0.39 is 21.7 Å². The zero-order chi connectivity index (χ0) is 21.2. The van der Waals surface area contributed by atoms with Crippen LogP contribution in [0.15, 0.2) is 45.8 Å². The zero-order valence-corrected chi connectivity index (χ0v) is 18.5. The number of sulfonamides is 1. The van der Waals surface area contributed by atoms with Crippen molar-refractivity contribution in [2.75, 3.05) is 25.5 Å². The number of carbonyl (C=O) groups excluding carboxylic acids is 1. The van der Waals surface area contributed by atoms with Gasteiger partial charge in [0.15, 0.2) is 0 Å². The summed E-state index contributed by atoms with van der Waals surface area (Å²) in [5.74, 6) is -0.587. The Morgan fingerprint density at radius 3 is 2.52 bits per heavy atom. The van der Waals surface area contributed by atoms with Crippen LogP contribution in [0.2, 0.25) is 0 Å². The Bertz CT molecular complexity index is 1020. The Balaban J connectivity index is 1.91. The van der Waals surface area contributed by atoms with Crippen LogP contribution < -0.4 is 10.1 Å². The molecule has 1 N–H and O–H groups in total. The SMILES string of the molecule is COc1ccc(S(=O)(=O)N2CCC(C)CC2)cc1C(=O)Nc1ccc(Br)cc1F. The number of nitrogens with zero attached hydrogens (tertiary/aromatic N) is 1. The fourth-order valence-corrected chi connectivity index (χ4v) is 5.01. The molecule has 156 valence electrons. The molecule has 2 aromatic rings. The highest BCUT2D eigenvalue weighted by Crippen LogP contribution is 2.28. The molecule has 2 aromatic carbocycles. The summed E-state index contributed by atoms with van der Waals surface area (Å²) >= 11 is 3.16. The van der Waals surface area contributed by atoms with E-state index in [1.54, 1.807) is 6.07 Å². The molecular formula is C20H22BrFN2O4S. The van der Waals surface area contributed by atoms with Crippen molar-refractivity contribution in [3.8, 4) is 5.75 Å². The van der Waals surface area contributed by atoms with Crippen molar-refractivity contribution in [2.45, 2.75) is 24.7 Å². The van der Waals surface area contributed by atoms with E-state index >= 15 is 0 Å². The second kappa shape index (κ2) is 8.81. The molecule has 1 heterocycles. The Hall–Kier alpha value is -1.97. The molecule has 6 nitrogen and oxygen atoms in total. The normalized spacial score (nSPS) is 15.9. The number of hydrogen-bond acceptors (Lipinski definition) is 4. The second-order valence-corrected chi connectivity index (χ2v) is 9.88. The molecule has 29 heavy (non-hydrogen) atoms. The van der Waals surface area contributed by atoms with Crippen LogP contribution in [0.3, 0.4) is 0 Å². The van der Waals surface area contributed by atoms with E-state index in [-0.39, 0.29) is 21.9 Å². The monoisotopic (exact) mass is 484 g/mol. The molecule has 0 bridgehead atoms. The number of ether oxygens (including phenoxy) is 1. The minimum Gasteiger partial charge on any atom is -0.496 e. The molecule has 1 saturated heterocycles. The van der Waals surface area contributed by atoms with Crippen LogP contribution in [0.4, 0.5) is 10.1 Å². The fraction of sp³-hybridized carbons (Fsp3) is 0.350. The highest BCUT2D eigenvalue weighted by atomic mass is 79.9. The third-order valence-corrected chi connectivity index (χ3v) is 7.36. The van der Waals surface area contributed by atoms with E-state index in [1.807, 2.05) is 0 Å². The maximum Gasteiger partial charge on any atom is 0.259 e. The molecule has 0 spiro atoms. The highest BCUT2D eigenvalue weighted by molar-refractivity contribution is 9.10. The lowest BCUT2D eigenvalue weighted by Crippen LogP contribution is -2.37. The lowest BCUT2D eigenvalue weighted by Gasteiger charge is -2.29. The topological polar surface area (TPSA) is 75.7 Å². The van der Waals surface area contributed by atoms with Crippen molar-refractivity contribution in [1.29, 1.82) is 0 Å². The largest absolute Gasteiger partial charge is 0.496 e. The second-order valence-electron chi connectivity index (χ2n) is 7.03. The quantitative estimate of drug-likeness (QED) is 0.687. The first-order valence-electron chi connectivity index (χ1n) is 9.17. The molecule has 0 aliphatic carbocycles. The van der Waals surface area contributed by atoms with E-state index in [1.165, 1.54) is 41.7 Å². The van der Waals surface area contributed by atoms with Crippen LogP contribution in [0, 0.1) is 11.7 Å². The molecule has 0 saturated carbocycles. The first-order valence-corrected chi connectivity index (χ1v) is 11.4. The third kappa shape index (κ3) is 4.79. The van der Waals surface area contributed by atoms with Crippen molar-refractivity contribution in [2.24, 2.45) is 5.92 Å². The highest BCUT2D eigenvalue weighted by Gasteiger charge is 2.29. The van der Waals surface area contributed by atoms with Gasteiger partial charge in [-0.1, -0.05) is 22.9 Å². The number of hydrogen-bond donors (Lipinski definition) is 1. The molecule has 9 heteroatoms. The number of rotatable bonds is 5. The van der Waals surface area contributed by atoms with Gasteiger partial charge < -0.3 is 10.1 Å². The zero-order valence-electron chi connectivity index (χ0n) is 16.1. The van der Waals surface area contributed by atoms with Crippen molar-refractivity contribution >= 4 is 37.5 Å². The summed E-state index contributed by atoms with van der Waals surface area (Å²) in [6.45, 7) is 2.99. The fourth-order valence-electron chi connectivity index (χ4n) is 3.18. The number of methoxy groups -OCH3 is 1. The van der Waals surface area contributed by atoms with Gasteiger partial charge in [0, 0.05) is 17.6 Å². The molecule has 3 rings (SSSR count). The summed E-state index contributed by atoms with van der Waals surface area (Å²) in [6.07, 6.45) is 1.59. The molecule has 0 aromatic heterocycles. The molecule has 1 amide bonds. The number of carbonyl (C=O) groups is 1. The van der Waals surface area contributed by atoms with Crippen LogP contribution in [0.5, 0.6) is 5.75 Å². The predicted molar refractivity (Wildman–Crippen MR) is 112 cm³/mol. The standard InChI is InChI=1S/C20H22BrFN2O4S/c1-13-7-9-24(10-8-13)29(26,27)15-4-6-19(28-2)16(12-15)20(25)23-18-5-3-14(21)11-17(18)22/h3-6,11-13H,7-10H2,1-2H3,(H,23,25). The number of benzene rings is 2. The molecule has 1 aliphatic heterocycles. The molecule has 1 aliphatic rings. The number of nitrogens with one attached hydrogen (secondary N) is 1. The lowest BCUT2D eigenvalue weighted by atomic mass is 10.0. The molecule has 0 atom stereocenters. The van der Waals surface area contributed by atoms with E-state index in [2.05, 4.69) is 28.2 Å². The minimum atomic E-state index is -3.74. The Morgan fingerprint density at radius 2 is 1.90 bits per heavy atom. The first kappa shape index (κ1) is 21.7. The van der Waals surface area contributed by atoms with Crippen molar-refractivity contribution in [1.82, 2.24) is 4.31 Å². The Morgan fingerprint density at radius 1 is 1.21 bits per heavy atom. The van der Waals surface area contributed by atoms with Gasteiger partial charge in [0.25, 0.3) is 5.91 Å². The predicted octanol–water partition coefficient (Wildman–Crippen LogP) is 4.27. The van der Waals surface area contributed by atoms with Gasteiger partial charge in [0.1, 0.15) is 11.6 Å². The Kier molecular flexibility index (Phi) is 6.60. The number of halogens is 2. The summed E-state index contributed by atoms with van der Waals surface area (Å²) in [5.41, 5.74) is -0.000183. The van der Waals surface area contributed by atoms with Gasteiger partial charge in [-0.15, -0.1) is 0 Å². The number of piperidine rings is 1. The summed E-state index contributed by atoms with van der Waals surface area (Å²) in [7, 11) is -2.35. The van der Waals surface area contributed by atoms with Gasteiger partial charge >= 0.3 is 0 Å². The van der Waals surface area contributed by atoms with E-state index in [4.69, 9.17) is 4.74 Å². The van der Waals surface area contributed by atoms with Gasteiger partial charge in [0.2, 0.25) is 10.0 Å². The molecular weight excluding hydrogens is 463 g/mol. The average molecular weight is 485 g/mol. The summed E-state index contributed by atoms with van der Waals surface area (Å²) < 4.78 is 47.3. The van der Waals surface area contributed by atoms with Crippen LogP contribution in [0.1, 0.15) is 30.1 Å². The lowest BCUT2D eigenvalue weighted by molar-refractivity contribution is 0.102. The van der Waals surface area contributed by atoms with Gasteiger partial charge in [-0.2, -0.15) is 4.31 Å². The minimum absolute atomic E-state index is 0.00859. The van der Waals surface area contributed by atoms with Crippen LogP contribution in [-0.2, 0) is 10.0 Å². The maximum atomic E-state index is 14.1. The van der Waals surface area contributed by atoms with E-state index in [0.717, 1.165) is 12.8 Å². The Labute approximate surface area is 178 Å². The van der Waals surface area contributed by atoms with Crippen LogP contribution >= 0.6 is 15.9 Å². The van der Waals surface area contributed by atoms with Crippen molar-refractivity contribution < 1.29 is 22.3 Å². The van der Waals surface area contributed by atoms with Crippen LogP contribution in [0.25, 0.3) is 0 Å². The molecule has 0 unspecified atom stereocenters. The van der Waals surface area contributed by atoms with Crippen LogP contribution in [-0.4, -0.2) is 38.8 Å². The molecule has 1 fully saturated rings. The van der Waals surface area contributed by atoms with Gasteiger partial charge in [-0.05, 0) is 55.2 Å². The molecule has 0 radical (unpaired) electrons. The third-order valence-electron chi connectivity index (χ3n) is 4.98. The summed E-state index contributed by atoms with van der Waals surface area (Å²) in [4.78, 5) is 12.8. The van der Waals surface area contributed by atoms with Crippen molar-refractivity contribution in [3.05, 3.63) is 52.3 Å². The number of anilines is 1. The van der Waals surface area contributed by atoms with Crippen molar-refractivity contribution in [3.63, 3.8) is 0 Å². The first-order chi connectivity index (χ1) is 13.7.